The van der Waals surface area contributed by atoms with E-state index in [0.29, 0.717) is 0 Å². The topological polar surface area (TPSA) is 30.0 Å². The van der Waals surface area contributed by atoms with Gasteiger partial charge in [-0.3, -0.25) is 4.79 Å². The first-order valence-electron chi connectivity index (χ1n) is 4.20. The van der Waals surface area contributed by atoms with Crippen molar-refractivity contribution in [2.24, 2.45) is 0 Å². The normalized spacial score (nSPS) is 10.4. The van der Waals surface area contributed by atoms with Crippen LogP contribution in [0.4, 0.5) is 0 Å². The van der Waals surface area contributed by atoms with E-state index >= 15 is 0 Å². The van der Waals surface area contributed by atoms with Crippen LogP contribution in [0.5, 0.6) is 0 Å². The molecule has 0 saturated heterocycles. The zero-order valence-corrected chi connectivity index (χ0v) is 9.54. The molecule has 2 heterocycles. The molecular weight excluding hydrogens is 214 g/mol. The van der Waals surface area contributed by atoms with Crippen LogP contribution in [-0.4, -0.2) is 10.2 Å². The van der Waals surface area contributed by atoms with Crippen molar-refractivity contribution in [2.75, 3.05) is 0 Å². The molecule has 2 aromatic heterocycles. The lowest BCUT2D eigenvalue weighted by Crippen LogP contribution is -1.94. The maximum atomic E-state index is 11.9. The number of nitrogens with zero attached hydrogens (tertiary/aromatic N) is 1. The average Bonchev–Trinajstić information content (AvgIpc) is 2.73. The first-order chi connectivity index (χ1) is 6.66. The van der Waals surface area contributed by atoms with Crippen molar-refractivity contribution in [3.63, 3.8) is 0 Å². The molecule has 2 aromatic rings. The van der Waals surface area contributed by atoms with Crippen molar-refractivity contribution in [3.05, 3.63) is 38.5 Å². The van der Waals surface area contributed by atoms with E-state index in [2.05, 4.69) is 4.37 Å². The highest BCUT2D eigenvalue weighted by atomic mass is 32.1. The molecule has 2 rings (SSSR count). The van der Waals surface area contributed by atoms with Gasteiger partial charge in [-0.15, -0.1) is 11.3 Å². The summed E-state index contributed by atoms with van der Waals surface area (Å²) < 4.78 is 4.10. The summed E-state index contributed by atoms with van der Waals surface area (Å²) in [5.74, 6) is 0.0914. The predicted octanol–water partition coefficient (Wildman–Crippen LogP) is 3.05. The lowest BCUT2D eigenvalue weighted by molar-refractivity contribution is 0.104. The Morgan fingerprint density at radius 1 is 1.29 bits per heavy atom. The van der Waals surface area contributed by atoms with Crippen LogP contribution in [0.3, 0.4) is 0 Å². The smallest absolute Gasteiger partial charge is 0.214 e. The van der Waals surface area contributed by atoms with Gasteiger partial charge in [-0.05, 0) is 48.5 Å². The van der Waals surface area contributed by atoms with Gasteiger partial charge in [0, 0.05) is 0 Å². The number of thiophene rings is 1. The molecule has 0 aliphatic carbocycles. The molecule has 0 atom stereocenters. The maximum absolute atomic E-state index is 11.9. The van der Waals surface area contributed by atoms with Crippen molar-refractivity contribution >= 4 is 28.7 Å². The molecule has 0 aromatic carbocycles. The summed E-state index contributed by atoms with van der Waals surface area (Å²) in [4.78, 5) is 13.4. The lowest BCUT2D eigenvalue weighted by Gasteiger charge is -1.89. The molecule has 0 unspecified atom stereocenters. The van der Waals surface area contributed by atoms with Crippen LogP contribution >= 0.6 is 22.9 Å². The largest absolute Gasteiger partial charge is 0.287 e. The maximum Gasteiger partial charge on any atom is 0.214 e. The third-order valence-corrected chi connectivity index (χ3v) is 3.73. The Balaban J connectivity index is 2.33. The number of ketones is 1. The standard InChI is InChI=1S/C10H9NOS2/c1-6-3-8(13-5-6)10(12)9-4-7(2)11-14-9/h3-5H,1-2H3. The van der Waals surface area contributed by atoms with Gasteiger partial charge in [0.15, 0.2) is 0 Å². The third kappa shape index (κ3) is 1.76. The first-order valence-corrected chi connectivity index (χ1v) is 5.85. The van der Waals surface area contributed by atoms with Gasteiger partial charge in [-0.2, -0.15) is 4.37 Å². The summed E-state index contributed by atoms with van der Waals surface area (Å²) in [6.45, 7) is 3.89. The Morgan fingerprint density at radius 3 is 2.57 bits per heavy atom. The Kier molecular flexibility index (Phi) is 2.48. The fourth-order valence-electron chi connectivity index (χ4n) is 1.14. The summed E-state index contributed by atoms with van der Waals surface area (Å²) in [7, 11) is 0. The SMILES string of the molecule is Cc1csc(C(=O)c2cc(C)ns2)c1. The minimum Gasteiger partial charge on any atom is -0.287 e. The molecule has 0 N–H and O–H groups in total. The number of aryl methyl sites for hydroxylation is 2. The van der Waals surface area contributed by atoms with Crippen molar-refractivity contribution < 1.29 is 4.79 Å². The number of aromatic nitrogens is 1. The molecule has 2 nitrogen and oxygen atoms in total. The Bertz CT molecular complexity index is 428. The van der Waals surface area contributed by atoms with Gasteiger partial charge >= 0.3 is 0 Å². The van der Waals surface area contributed by atoms with Crippen LogP contribution in [-0.2, 0) is 0 Å². The zero-order chi connectivity index (χ0) is 10.1. The van der Waals surface area contributed by atoms with Crippen LogP contribution < -0.4 is 0 Å². The van der Waals surface area contributed by atoms with Gasteiger partial charge in [-0.1, -0.05) is 0 Å². The second-order valence-corrected chi connectivity index (χ2v) is 4.87. The second kappa shape index (κ2) is 3.63. The zero-order valence-electron chi connectivity index (χ0n) is 7.90. The van der Waals surface area contributed by atoms with Crippen LogP contribution in [0.2, 0.25) is 0 Å². The van der Waals surface area contributed by atoms with Gasteiger partial charge in [0.25, 0.3) is 0 Å². The highest BCUT2D eigenvalue weighted by Crippen LogP contribution is 2.20. The summed E-state index contributed by atoms with van der Waals surface area (Å²) >= 11 is 2.76. The highest BCUT2D eigenvalue weighted by Gasteiger charge is 2.13. The van der Waals surface area contributed by atoms with Crippen molar-refractivity contribution in [3.8, 4) is 0 Å². The van der Waals surface area contributed by atoms with Crippen molar-refractivity contribution in [2.45, 2.75) is 13.8 Å². The summed E-state index contributed by atoms with van der Waals surface area (Å²) in [5.41, 5.74) is 2.05. The molecule has 0 aliphatic rings. The van der Waals surface area contributed by atoms with Gasteiger partial charge in [0.05, 0.1) is 15.4 Å². The van der Waals surface area contributed by atoms with E-state index in [-0.39, 0.29) is 5.78 Å². The van der Waals surface area contributed by atoms with Crippen LogP contribution in [0, 0.1) is 13.8 Å². The first kappa shape index (κ1) is 9.55. The van der Waals surface area contributed by atoms with E-state index in [1.807, 2.05) is 31.4 Å². The van der Waals surface area contributed by atoms with Crippen LogP contribution in [0.25, 0.3) is 0 Å². The van der Waals surface area contributed by atoms with Crippen LogP contribution in [0.1, 0.15) is 25.8 Å². The molecule has 0 saturated carbocycles. The second-order valence-electron chi connectivity index (χ2n) is 3.15. The molecule has 0 amide bonds. The van der Waals surface area contributed by atoms with Gasteiger partial charge in [0.1, 0.15) is 0 Å². The molecule has 14 heavy (non-hydrogen) atoms. The molecule has 0 aliphatic heterocycles. The van der Waals surface area contributed by atoms with Gasteiger partial charge in [-0.25, -0.2) is 0 Å². The predicted molar refractivity (Wildman–Crippen MR) is 59.3 cm³/mol. The van der Waals surface area contributed by atoms with Crippen molar-refractivity contribution in [1.29, 1.82) is 0 Å². The molecule has 0 bridgehead atoms. The van der Waals surface area contributed by atoms with Crippen LogP contribution in [0.15, 0.2) is 17.5 Å². The number of hydrogen-bond acceptors (Lipinski definition) is 4. The number of carbonyl (C=O) groups excluding carboxylic acids is 1. The van der Waals surface area contributed by atoms with Crippen molar-refractivity contribution in [1.82, 2.24) is 4.37 Å². The molecule has 72 valence electrons. The highest BCUT2D eigenvalue weighted by molar-refractivity contribution is 7.14. The minimum atomic E-state index is 0.0914. The summed E-state index contributed by atoms with van der Waals surface area (Å²) in [6.07, 6.45) is 0. The monoisotopic (exact) mass is 223 g/mol. The molecule has 0 fully saturated rings. The van der Waals surface area contributed by atoms with Gasteiger partial charge < -0.3 is 0 Å². The number of carbonyl (C=O) groups is 1. The Morgan fingerprint density at radius 2 is 2.07 bits per heavy atom. The fourth-order valence-corrected chi connectivity index (χ4v) is 2.77. The lowest BCUT2D eigenvalue weighted by atomic mass is 10.2. The number of hydrogen-bond donors (Lipinski definition) is 0. The van der Waals surface area contributed by atoms with E-state index in [1.54, 1.807) is 0 Å². The Labute approximate surface area is 90.4 Å². The Hall–Kier alpha value is -1.00. The number of rotatable bonds is 2. The third-order valence-electron chi connectivity index (χ3n) is 1.81. The average molecular weight is 223 g/mol. The van der Waals surface area contributed by atoms with E-state index in [0.717, 1.165) is 21.0 Å². The van der Waals surface area contributed by atoms with E-state index in [1.165, 1.54) is 22.9 Å². The van der Waals surface area contributed by atoms with E-state index in [9.17, 15) is 4.79 Å². The molecule has 0 radical (unpaired) electrons. The minimum absolute atomic E-state index is 0.0914. The molecular formula is C10H9NOS2. The molecule has 0 spiro atoms. The summed E-state index contributed by atoms with van der Waals surface area (Å²) in [5, 5.41) is 1.99. The summed E-state index contributed by atoms with van der Waals surface area (Å²) in [6, 6.07) is 3.75. The van der Waals surface area contributed by atoms with E-state index in [4.69, 9.17) is 0 Å². The fraction of sp³-hybridized carbons (Fsp3) is 0.200. The van der Waals surface area contributed by atoms with Gasteiger partial charge in [0.2, 0.25) is 5.78 Å². The quantitative estimate of drug-likeness (QED) is 0.732. The molecule has 4 heteroatoms. The van der Waals surface area contributed by atoms with E-state index < -0.39 is 0 Å².